The highest BCUT2D eigenvalue weighted by Gasteiger charge is 2.41. The normalized spacial score (nSPS) is 13.5. The third kappa shape index (κ3) is 7.15. The van der Waals surface area contributed by atoms with Crippen molar-refractivity contribution in [3.05, 3.63) is 198 Å². The molecular weight excluding hydrogens is 896 g/mol. The Kier molecular flexibility index (Phi) is 9.98. The van der Waals surface area contributed by atoms with Crippen molar-refractivity contribution < 1.29 is 4.74 Å². The van der Waals surface area contributed by atoms with Crippen molar-refractivity contribution in [2.45, 2.75) is 105 Å². The van der Waals surface area contributed by atoms with Gasteiger partial charge in [-0.25, -0.2) is 0 Å². The van der Waals surface area contributed by atoms with Gasteiger partial charge >= 0.3 is 0 Å². The van der Waals surface area contributed by atoms with E-state index in [9.17, 15) is 0 Å². The number of fused-ring (bicyclic) bond motifs is 14. The first kappa shape index (κ1) is 46.2. The molecule has 0 radical (unpaired) electrons. The molecule has 0 aliphatic carbocycles. The Hall–Kier alpha value is -7.56. The molecule has 4 heterocycles. The van der Waals surface area contributed by atoms with Crippen molar-refractivity contribution in [2.75, 3.05) is 0 Å². The second-order valence-corrected chi connectivity index (χ2v) is 25.5. The summed E-state index contributed by atoms with van der Waals surface area (Å²) in [5.74, 6) is 1.81. The molecule has 2 aliphatic heterocycles. The Morgan fingerprint density at radius 1 is 0.338 bits per heavy atom. The van der Waals surface area contributed by atoms with Crippen LogP contribution in [0, 0.1) is 0 Å². The van der Waals surface area contributed by atoms with Gasteiger partial charge in [0.1, 0.15) is 11.5 Å². The zero-order valence-corrected chi connectivity index (χ0v) is 45.1. The standard InChI is InChI=1S/C70H65BN2O/c1-67(2,3)44-29-32-61-55(38-44)54-26-18-19-27-59(54)72(61)48-30-31-57-63(41-48)74-64-40-47(70(10,11)12)39-62-65(64)71(57)58-36-43(42-33-45(68(4,5)6)37-46(34-42)69(7,8)9)35-56-52-24-16-14-22-50(52)49-21-13-15-23-51(49)53-25-17-20-28-60(53)73(62)66(56)58/h13-41H,1-12H3. The zero-order valence-electron chi connectivity index (χ0n) is 45.1. The number of ether oxygens (including phenoxy) is 1. The summed E-state index contributed by atoms with van der Waals surface area (Å²) in [6, 6.07) is 67.4. The Labute approximate surface area is 436 Å². The summed E-state index contributed by atoms with van der Waals surface area (Å²) in [5.41, 5.74) is 18.1. The molecule has 364 valence electrons. The Balaban J connectivity index is 1.21. The first-order chi connectivity index (χ1) is 35.2. The molecule has 0 saturated carbocycles. The SMILES string of the molecule is CC(C)(C)c1cc(-c2cc3c4c(c2)c2ccccc2c2ccccc2c2ccccc2n4-c2cc(C(C)(C)C)cc4c2B3c2ccc(-n3c5ccccc5c5cc(C(C)(C)C)ccc53)cc2O4)cc(C(C)(C)C)c1. The van der Waals surface area contributed by atoms with Gasteiger partial charge in [-0.05, 0) is 142 Å². The largest absolute Gasteiger partial charge is 0.458 e. The second-order valence-electron chi connectivity index (χ2n) is 25.5. The van der Waals surface area contributed by atoms with Crippen LogP contribution in [0.2, 0.25) is 0 Å². The molecule has 3 nitrogen and oxygen atoms in total. The number of benzene rings is 9. The fourth-order valence-electron chi connectivity index (χ4n) is 12.2. The van der Waals surface area contributed by atoms with Crippen LogP contribution in [0.25, 0.3) is 87.7 Å². The fourth-order valence-corrected chi connectivity index (χ4v) is 12.2. The first-order valence-corrected chi connectivity index (χ1v) is 26.7. The van der Waals surface area contributed by atoms with E-state index in [0.29, 0.717) is 0 Å². The minimum Gasteiger partial charge on any atom is -0.458 e. The van der Waals surface area contributed by atoms with Crippen molar-refractivity contribution in [3.8, 4) is 34.0 Å². The molecule has 0 fully saturated rings. The highest BCUT2D eigenvalue weighted by Crippen LogP contribution is 2.44. The average molecular weight is 961 g/mol. The van der Waals surface area contributed by atoms with Crippen LogP contribution in [0.4, 0.5) is 0 Å². The molecule has 0 spiro atoms. The number of nitrogens with zero attached hydrogens (tertiary/aromatic N) is 2. The highest BCUT2D eigenvalue weighted by atomic mass is 16.5. The average Bonchev–Trinajstić information content (AvgIpc) is 3.72. The number of para-hydroxylation sites is 2. The van der Waals surface area contributed by atoms with E-state index in [1.807, 2.05) is 0 Å². The lowest BCUT2D eigenvalue weighted by atomic mass is 9.34. The molecule has 0 N–H and O–H groups in total. The van der Waals surface area contributed by atoms with Crippen LogP contribution in [-0.4, -0.2) is 15.8 Å². The first-order valence-electron chi connectivity index (χ1n) is 26.7. The number of hydrogen-bond acceptors (Lipinski definition) is 1. The highest BCUT2D eigenvalue weighted by molar-refractivity contribution is 6.99. The molecule has 0 saturated heterocycles. The van der Waals surface area contributed by atoms with Crippen LogP contribution in [0.1, 0.15) is 105 Å². The predicted octanol–water partition coefficient (Wildman–Crippen LogP) is 17.1. The third-order valence-corrected chi connectivity index (χ3v) is 16.4. The molecular formula is C70H65BN2O. The summed E-state index contributed by atoms with van der Waals surface area (Å²) in [6.07, 6.45) is 0. The van der Waals surface area contributed by atoms with E-state index in [0.717, 1.165) is 22.7 Å². The van der Waals surface area contributed by atoms with Crippen molar-refractivity contribution >= 4 is 88.3 Å². The summed E-state index contributed by atoms with van der Waals surface area (Å²) in [6.45, 7) is 27.8. The van der Waals surface area contributed by atoms with Gasteiger partial charge in [0.15, 0.2) is 0 Å². The zero-order chi connectivity index (χ0) is 51.4. The smallest absolute Gasteiger partial charge is 0.256 e. The molecule has 0 bridgehead atoms. The van der Waals surface area contributed by atoms with E-state index < -0.39 is 0 Å². The van der Waals surface area contributed by atoms with Gasteiger partial charge in [-0.3, -0.25) is 0 Å². The Bertz CT molecular complexity index is 4230. The van der Waals surface area contributed by atoms with E-state index in [1.54, 1.807) is 0 Å². The maximum Gasteiger partial charge on any atom is 0.256 e. The third-order valence-electron chi connectivity index (χ3n) is 16.4. The van der Waals surface area contributed by atoms with Gasteiger partial charge in [0.25, 0.3) is 6.71 Å². The van der Waals surface area contributed by atoms with Crippen molar-refractivity contribution in [2.24, 2.45) is 0 Å². The molecule has 4 heteroatoms. The van der Waals surface area contributed by atoms with Gasteiger partial charge in [-0.15, -0.1) is 0 Å². The molecule has 2 aliphatic rings. The minimum atomic E-state index is -0.171. The van der Waals surface area contributed by atoms with Crippen LogP contribution in [0.3, 0.4) is 0 Å². The topological polar surface area (TPSA) is 19.1 Å². The number of aromatic nitrogens is 2. The van der Waals surface area contributed by atoms with E-state index >= 15 is 0 Å². The molecule has 2 aromatic heterocycles. The predicted molar refractivity (Wildman–Crippen MR) is 319 cm³/mol. The van der Waals surface area contributed by atoms with Crippen molar-refractivity contribution in [1.29, 1.82) is 0 Å². The second kappa shape index (κ2) is 16.0. The summed E-state index contributed by atoms with van der Waals surface area (Å²) >= 11 is 0. The van der Waals surface area contributed by atoms with E-state index in [1.165, 1.54) is 115 Å². The van der Waals surface area contributed by atoms with Gasteiger partial charge in [0, 0.05) is 44.5 Å². The van der Waals surface area contributed by atoms with Crippen molar-refractivity contribution in [3.63, 3.8) is 0 Å². The Morgan fingerprint density at radius 3 is 1.42 bits per heavy atom. The van der Waals surface area contributed by atoms with Crippen LogP contribution in [0.5, 0.6) is 11.5 Å². The fraction of sp³-hybridized carbons (Fsp3) is 0.229. The van der Waals surface area contributed by atoms with Crippen LogP contribution in [-0.2, 0) is 21.7 Å². The molecule has 0 amide bonds. The van der Waals surface area contributed by atoms with Crippen LogP contribution >= 0.6 is 0 Å². The van der Waals surface area contributed by atoms with E-state index in [2.05, 4.69) is 268 Å². The van der Waals surface area contributed by atoms with Crippen LogP contribution < -0.4 is 21.1 Å². The minimum absolute atomic E-state index is 0.0248. The van der Waals surface area contributed by atoms with Crippen LogP contribution in [0.15, 0.2) is 176 Å². The summed E-state index contributed by atoms with van der Waals surface area (Å²) in [5, 5.41) is 9.83. The van der Waals surface area contributed by atoms with Gasteiger partial charge < -0.3 is 13.9 Å². The van der Waals surface area contributed by atoms with Gasteiger partial charge in [0.05, 0.1) is 16.6 Å². The monoisotopic (exact) mass is 961 g/mol. The van der Waals surface area contributed by atoms with E-state index in [-0.39, 0.29) is 28.4 Å². The lowest BCUT2D eigenvalue weighted by Crippen LogP contribution is -2.58. The molecule has 13 rings (SSSR count). The molecule has 0 unspecified atom stereocenters. The number of hydrogen-bond donors (Lipinski definition) is 0. The van der Waals surface area contributed by atoms with Gasteiger partial charge in [-0.1, -0.05) is 204 Å². The lowest BCUT2D eigenvalue weighted by molar-refractivity contribution is 0.482. The van der Waals surface area contributed by atoms with E-state index in [4.69, 9.17) is 4.74 Å². The molecule has 11 aromatic rings. The van der Waals surface area contributed by atoms with Gasteiger partial charge in [-0.2, -0.15) is 0 Å². The molecule has 0 atom stereocenters. The molecule has 9 aromatic carbocycles. The maximum absolute atomic E-state index is 7.51. The van der Waals surface area contributed by atoms with Crippen molar-refractivity contribution in [1.82, 2.24) is 9.13 Å². The summed E-state index contributed by atoms with van der Waals surface area (Å²) in [4.78, 5) is 0. The summed E-state index contributed by atoms with van der Waals surface area (Å²) in [7, 11) is 0. The quantitative estimate of drug-likeness (QED) is 0.158. The Morgan fingerprint density at radius 2 is 0.824 bits per heavy atom. The van der Waals surface area contributed by atoms with Gasteiger partial charge in [0.2, 0.25) is 0 Å². The number of rotatable bonds is 2. The lowest BCUT2D eigenvalue weighted by Gasteiger charge is -2.36. The molecule has 74 heavy (non-hydrogen) atoms. The maximum atomic E-state index is 7.51. The summed E-state index contributed by atoms with van der Waals surface area (Å²) < 4.78 is 12.6.